The Hall–Kier alpha value is -1.84. The van der Waals surface area contributed by atoms with Crippen molar-refractivity contribution >= 4 is 44.8 Å². The Morgan fingerprint density at radius 2 is 1.74 bits per heavy atom. The molecule has 0 atom stereocenters. The minimum Gasteiger partial charge on any atom is -0.337 e. The van der Waals surface area contributed by atoms with Crippen LogP contribution in [-0.4, -0.2) is 34.1 Å². The van der Waals surface area contributed by atoms with Crippen LogP contribution >= 0.6 is 23.2 Å². The van der Waals surface area contributed by atoms with E-state index < -0.39 is 9.84 Å². The molecule has 144 valence electrons. The Labute approximate surface area is 167 Å². The van der Waals surface area contributed by atoms with Crippen molar-refractivity contribution in [3.8, 4) is 0 Å². The zero-order valence-electron chi connectivity index (χ0n) is 14.1. The molecule has 2 aromatic rings. The molecular formula is C17H18Cl2N4O3S. The van der Waals surface area contributed by atoms with Crippen molar-refractivity contribution in [2.75, 3.05) is 25.0 Å². The fourth-order valence-corrected chi connectivity index (χ4v) is 4.62. The maximum absolute atomic E-state index is 12.7. The Morgan fingerprint density at radius 3 is 2.37 bits per heavy atom. The minimum absolute atomic E-state index is 0.0224. The highest BCUT2D eigenvalue weighted by Gasteiger charge is 2.21. The average molecular weight is 429 g/mol. The molecule has 7 nitrogen and oxygen atoms in total. The van der Waals surface area contributed by atoms with Gasteiger partial charge in [0.05, 0.1) is 14.8 Å². The van der Waals surface area contributed by atoms with Gasteiger partial charge in [0.15, 0.2) is 0 Å². The molecule has 1 heterocycles. The fourth-order valence-electron chi connectivity index (χ4n) is 2.60. The first-order valence-electron chi connectivity index (χ1n) is 8.17. The van der Waals surface area contributed by atoms with Crippen LogP contribution in [0.5, 0.6) is 0 Å². The van der Waals surface area contributed by atoms with Gasteiger partial charge in [0.25, 0.3) is 0 Å². The van der Waals surface area contributed by atoms with Crippen LogP contribution in [0.15, 0.2) is 52.3 Å². The smallest absolute Gasteiger partial charge is 0.319 e. The number of sulfone groups is 1. The van der Waals surface area contributed by atoms with Crippen molar-refractivity contribution in [2.45, 2.75) is 9.79 Å². The largest absolute Gasteiger partial charge is 0.337 e. The molecule has 10 heteroatoms. The van der Waals surface area contributed by atoms with E-state index >= 15 is 0 Å². The van der Waals surface area contributed by atoms with E-state index in [0.29, 0.717) is 23.2 Å². The van der Waals surface area contributed by atoms with E-state index in [0.717, 1.165) is 13.1 Å². The molecule has 0 aromatic heterocycles. The summed E-state index contributed by atoms with van der Waals surface area (Å²) in [7, 11) is -3.79. The quantitative estimate of drug-likeness (QED) is 0.586. The molecule has 0 radical (unpaired) electrons. The number of carbonyl (C=O) groups excluding carboxylic acids is 1. The van der Waals surface area contributed by atoms with Crippen molar-refractivity contribution in [3.63, 3.8) is 0 Å². The van der Waals surface area contributed by atoms with Gasteiger partial charge in [0, 0.05) is 36.3 Å². The van der Waals surface area contributed by atoms with Gasteiger partial charge >= 0.3 is 6.03 Å². The lowest BCUT2D eigenvalue weighted by Gasteiger charge is -2.11. The van der Waals surface area contributed by atoms with Gasteiger partial charge in [-0.2, -0.15) is 0 Å². The van der Waals surface area contributed by atoms with Gasteiger partial charge in [-0.1, -0.05) is 23.2 Å². The lowest BCUT2D eigenvalue weighted by molar-refractivity contribution is 0.250. The molecule has 0 saturated carbocycles. The summed E-state index contributed by atoms with van der Waals surface area (Å²) in [6.07, 6.45) is 0. The van der Waals surface area contributed by atoms with E-state index in [2.05, 4.69) is 21.5 Å². The van der Waals surface area contributed by atoms with Gasteiger partial charge in [-0.25, -0.2) is 13.2 Å². The second-order valence-electron chi connectivity index (χ2n) is 6.07. The second kappa shape index (κ2) is 8.45. The lowest BCUT2D eigenvalue weighted by atomic mass is 10.2. The van der Waals surface area contributed by atoms with E-state index in [1.165, 1.54) is 42.5 Å². The molecule has 1 aliphatic rings. The highest BCUT2D eigenvalue weighted by Crippen LogP contribution is 2.30. The topological polar surface area (TPSA) is 99.3 Å². The molecule has 0 aliphatic carbocycles. The number of carbonyl (C=O) groups is 1. The molecule has 2 aromatic carbocycles. The van der Waals surface area contributed by atoms with Crippen molar-refractivity contribution < 1.29 is 13.2 Å². The average Bonchev–Trinajstić information content (AvgIpc) is 3.14. The van der Waals surface area contributed by atoms with Gasteiger partial charge in [0.2, 0.25) is 9.84 Å². The summed E-state index contributed by atoms with van der Waals surface area (Å²) in [6, 6.07) is 9.75. The summed E-state index contributed by atoms with van der Waals surface area (Å²) in [5.41, 5.74) is 6.47. The first kappa shape index (κ1) is 19.9. The first-order chi connectivity index (χ1) is 12.9. The highest BCUT2D eigenvalue weighted by molar-refractivity contribution is 7.91. The van der Waals surface area contributed by atoms with Gasteiger partial charge in [-0.05, 0) is 42.5 Å². The minimum atomic E-state index is -3.79. The number of amides is 2. The molecule has 1 aliphatic heterocycles. The standard InChI is InChI=1S/C17H18Cl2N4O3S/c18-12-1-6-16(15(19)7-12)27(25,26)14-4-2-13(3-5-14)23-17(24)20-8-11-9-21-22-10-11/h1-7,11,21-22H,8-10H2,(H2,20,23,24). The van der Waals surface area contributed by atoms with Crippen molar-refractivity contribution in [1.29, 1.82) is 0 Å². The molecule has 0 bridgehead atoms. The summed E-state index contributed by atoms with van der Waals surface area (Å²) >= 11 is 11.8. The third-order valence-corrected chi connectivity index (χ3v) is 6.55. The number of halogens is 2. The van der Waals surface area contributed by atoms with Crippen LogP contribution in [0.1, 0.15) is 0 Å². The number of hydrazine groups is 1. The van der Waals surface area contributed by atoms with Crippen molar-refractivity contribution in [2.24, 2.45) is 5.92 Å². The normalized spacial score (nSPS) is 14.9. The van der Waals surface area contributed by atoms with Crippen LogP contribution in [0, 0.1) is 5.92 Å². The number of rotatable bonds is 5. The third-order valence-electron chi connectivity index (χ3n) is 4.06. The summed E-state index contributed by atoms with van der Waals surface area (Å²) in [5, 5.41) is 5.86. The maximum atomic E-state index is 12.7. The van der Waals surface area contributed by atoms with Crippen molar-refractivity contribution in [3.05, 3.63) is 52.5 Å². The van der Waals surface area contributed by atoms with E-state index in [4.69, 9.17) is 23.2 Å². The molecule has 0 spiro atoms. The van der Waals surface area contributed by atoms with Gasteiger partial charge in [-0.15, -0.1) is 0 Å². The number of urea groups is 1. The number of benzene rings is 2. The van der Waals surface area contributed by atoms with Gasteiger partial charge in [-0.3, -0.25) is 10.9 Å². The molecule has 27 heavy (non-hydrogen) atoms. The highest BCUT2D eigenvalue weighted by atomic mass is 35.5. The predicted octanol–water partition coefficient (Wildman–Crippen LogP) is 2.67. The molecule has 1 saturated heterocycles. The monoisotopic (exact) mass is 428 g/mol. The maximum Gasteiger partial charge on any atom is 0.319 e. The Kier molecular flexibility index (Phi) is 6.23. The van der Waals surface area contributed by atoms with E-state index in [1.54, 1.807) is 0 Å². The third kappa shape index (κ3) is 4.91. The summed E-state index contributed by atoms with van der Waals surface area (Å²) in [5.74, 6) is 0.326. The zero-order chi connectivity index (χ0) is 19.4. The Balaban J connectivity index is 1.66. The zero-order valence-corrected chi connectivity index (χ0v) is 16.5. The SMILES string of the molecule is O=C(NCC1CNNC1)Nc1ccc(S(=O)(=O)c2ccc(Cl)cc2Cl)cc1. The Bertz CT molecular complexity index is 930. The lowest BCUT2D eigenvalue weighted by Crippen LogP contribution is -2.34. The van der Waals surface area contributed by atoms with Crippen LogP contribution in [0.3, 0.4) is 0 Å². The molecule has 1 fully saturated rings. The predicted molar refractivity (Wildman–Crippen MR) is 105 cm³/mol. The number of nitrogens with one attached hydrogen (secondary N) is 4. The van der Waals surface area contributed by atoms with E-state index in [9.17, 15) is 13.2 Å². The second-order valence-corrected chi connectivity index (χ2v) is 8.83. The van der Waals surface area contributed by atoms with Crippen LogP contribution < -0.4 is 21.5 Å². The van der Waals surface area contributed by atoms with Crippen LogP contribution in [0.4, 0.5) is 10.5 Å². The summed E-state index contributed by atoms with van der Waals surface area (Å²) < 4.78 is 25.4. The molecule has 0 unspecified atom stereocenters. The van der Waals surface area contributed by atoms with Gasteiger partial charge < -0.3 is 10.6 Å². The molecular weight excluding hydrogens is 411 g/mol. The number of hydrogen-bond acceptors (Lipinski definition) is 5. The molecule has 3 rings (SSSR count). The first-order valence-corrected chi connectivity index (χ1v) is 10.4. The fraction of sp³-hybridized carbons (Fsp3) is 0.235. The van der Waals surface area contributed by atoms with Crippen molar-refractivity contribution in [1.82, 2.24) is 16.2 Å². The number of hydrogen-bond donors (Lipinski definition) is 4. The van der Waals surface area contributed by atoms with Crippen LogP contribution in [0.25, 0.3) is 0 Å². The summed E-state index contributed by atoms with van der Waals surface area (Å²) in [4.78, 5) is 12.0. The summed E-state index contributed by atoms with van der Waals surface area (Å²) in [6.45, 7) is 2.12. The van der Waals surface area contributed by atoms with E-state index in [-0.39, 0.29) is 20.8 Å². The molecule has 2 amide bonds. The van der Waals surface area contributed by atoms with Crippen LogP contribution in [-0.2, 0) is 9.84 Å². The Morgan fingerprint density at radius 1 is 1.07 bits per heavy atom. The molecule has 4 N–H and O–H groups in total. The van der Waals surface area contributed by atoms with Gasteiger partial charge in [0.1, 0.15) is 0 Å². The number of anilines is 1. The van der Waals surface area contributed by atoms with E-state index in [1.807, 2.05) is 0 Å². The van der Waals surface area contributed by atoms with Crippen LogP contribution in [0.2, 0.25) is 10.0 Å².